The van der Waals surface area contributed by atoms with Crippen LogP contribution in [0.1, 0.15) is 108 Å². The number of amides is 4. The zero-order chi connectivity index (χ0) is 41.3. The van der Waals surface area contributed by atoms with Crippen LogP contribution in [0.2, 0.25) is 0 Å². The number of aromatic nitrogens is 4. The Bertz CT molecular complexity index is 2060. The third kappa shape index (κ3) is 9.54. The Morgan fingerprint density at radius 3 is 2.31 bits per heavy atom. The van der Waals surface area contributed by atoms with Crippen LogP contribution in [0.5, 0.6) is 0 Å². The molecular weight excluding hydrogens is 737 g/mol. The van der Waals surface area contributed by atoms with E-state index in [2.05, 4.69) is 87.0 Å². The topological polar surface area (TPSA) is 183 Å². The second-order valence-electron chi connectivity index (χ2n) is 15.7. The van der Waals surface area contributed by atoms with Crippen LogP contribution in [0.4, 0.5) is 9.59 Å². The smallest absolute Gasteiger partial charge is 0.407 e. The number of likely N-dealkylation sites (tertiary alicyclic amines) is 1. The first kappa shape index (κ1) is 42.0. The number of benzene rings is 2. The Hall–Kier alpha value is -5.66. The molecule has 3 aliphatic rings. The number of hydrogen-bond acceptors (Lipinski definition) is 8. The molecule has 4 atom stereocenters. The Morgan fingerprint density at radius 2 is 1.59 bits per heavy atom. The predicted molar refractivity (Wildman–Crippen MR) is 222 cm³/mol. The highest BCUT2D eigenvalue weighted by Crippen LogP contribution is 2.38. The van der Waals surface area contributed by atoms with Crippen molar-refractivity contribution in [1.82, 2.24) is 40.8 Å². The molecule has 2 unspecified atom stereocenters. The van der Waals surface area contributed by atoms with Crippen molar-refractivity contribution in [2.75, 3.05) is 27.3 Å². The predicted octanol–water partition coefficient (Wildman–Crippen LogP) is 7.19. The van der Waals surface area contributed by atoms with Gasteiger partial charge >= 0.3 is 12.2 Å². The summed E-state index contributed by atoms with van der Waals surface area (Å²) >= 11 is 0. The first-order chi connectivity index (χ1) is 28.0. The minimum atomic E-state index is -0.689. The fourth-order valence-corrected chi connectivity index (χ4v) is 8.30. The summed E-state index contributed by atoms with van der Waals surface area (Å²) < 4.78 is 9.34. The molecule has 2 fully saturated rings. The van der Waals surface area contributed by atoms with Crippen molar-refractivity contribution in [3.63, 3.8) is 0 Å². The van der Waals surface area contributed by atoms with Crippen LogP contribution in [0.3, 0.4) is 0 Å². The number of H-pyrrole nitrogens is 2. The lowest BCUT2D eigenvalue weighted by Crippen LogP contribution is -2.52. The molecule has 2 aromatic carbocycles. The molecular formula is C44H58N8O6. The molecule has 5 N–H and O–H groups in total. The lowest BCUT2D eigenvalue weighted by Gasteiger charge is -2.25. The molecule has 0 spiro atoms. The number of fused-ring (bicyclic) bond motifs is 3. The highest BCUT2D eigenvalue weighted by atomic mass is 16.5. The van der Waals surface area contributed by atoms with Crippen molar-refractivity contribution in [3.8, 4) is 33.6 Å². The van der Waals surface area contributed by atoms with Gasteiger partial charge in [0.2, 0.25) is 11.8 Å². The van der Waals surface area contributed by atoms with Gasteiger partial charge in [0.1, 0.15) is 24.2 Å². The standard InChI is InChI=1S/C41H50N8O6.C3H8/c1-23(2)35(48-41(53)55-4)39(51)46-30-10-6-9-29(30)37-42-21-32(45-37)25-15-13-24(14-16-25)26-17-18-28-27(20-26)8-5-11-31-36(28)47-38(44-31)33-12-7-19-49(33)34(50)22-43-40(52)54-3;1-3-2/h13-18,20-21,23,29-30,33,35H,5-12,19,22H2,1-4H3,(H,42,45)(H,43,52)(H,44,47)(H,46,51)(H,48,53);3H2,1-2H3/t29?,30?,33-,35-;/m0./s1. The Morgan fingerprint density at radius 1 is 0.862 bits per heavy atom. The van der Waals surface area contributed by atoms with E-state index in [4.69, 9.17) is 14.7 Å². The van der Waals surface area contributed by atoms with Crippen LogP contribution in [0.15, 0.2) is 48.7 Å². The van der Waals surface area contributed by atoms with Gasteiger partial charge in [-0.2, -0.15) is 0 Å². The maximum atomic E-state index is 13.2. The molecule has 2 aromatic heterocycles. The van der Waals surface area contributed by atoms with Gasteiger partial charge in [0, 0.05) is 29.8 Å². The number of nitrogens with zero attached hydrogens (tertiary/aromatic N) is 3. The molecule has 7 rings (SSSR count). The summed E-state index contributed by atoms with van der Waals surface area (Å²) in [5.74, 6) is 1.22. The molecule has 0 radical (unpaired) electrons. The van der Waals surface area contributed by atoms with Gasteiger partial charge < -0.3 is 40.3 Å². The minimum Gasteiger partial charge on any atom is -0.453 e. The fourth-order valence-electron chi connectivity index (χ4n) is 8.30. The summed E-state index contributed by atoms with van der Waals surface area (Å²) in [4.78, 5) is 68.3. The van der Waals surface area contributed by atoms with Gasteiger partial charge in [0.25, 0.3) is 0 Å². The molecule has 4 amide bonds. The van der Waals surface area contributed by atoms with Crippen LogP contribution in [-0.4, -0.2) is 88.2 Å². The van der Waals surface area contributed by atoms with Gasteiger partial charge in [0.05, 0.1) is 37.8 Å². The van der Waals surface area contributed by atoms with Gasteiger partial charge in [-0.3, -0.25) is 9.59 Å². The summed E-state index contributed by atoms with van der Waals surface area (Å²) in [6.07, 6.45) is 9.05. The Balaban J connectivity index is 0.00000183. The quantitative estimate of drug-likeness (QED) is 0.112. The first-order valence-electron chi connectivity index (χ1n) is 20.7. The lowest BCUT2D eigenvalue weighted by molar-refractivity contribution is -0.131. The number of methoxy groups -OCH3 is 2. The van der Waals surface area contributed by atoms with Crippen LogP contribution in [-0.2, 0) is 31.9 Å². The zero-order valence-electron chi connectivity index (χ0n) is 34.6. The number of carbonyl (C=O) groups excluding carboxylic acids is 4. The molecule has 3 heterocycles. The van der Waals surface area contributed by atoms with Crippen molar-refractivity contribution >= 4 is 24.0 Å². The summed E-state index contributed by atoms with van der Waals surface area (Å²) in [7, 11) is 2.57. The van der Waals surface area contributed by atoms with E-state index in [1.54, 1.807) is 4.90 Å². The van der Waals surface area contributed by atoms with Crippen molar-refractivity contribution in [1.29, 1.82) is 0 Å². The van der Waals surface area contributed by atoms with Crippen molar-refractivity contribution < 1.29 is 28.7 Å². The number of nitrogens with one attached hydrogen (secondary N) is 5. The van der Waals surface area contributed by atoms with E-state index in [0.717, 1.165) is 102 Å². The highest BCUT2D eigenvalue weighted by molar-refractivity contribution is 5.86. The van der Waals surface area contributed by atoms with Crippen molar-refractivity contribution in [2.24, 2.45) is 5.92 Å². The van der Waals surface area contributed by atoms with E-state index in [9.17, 15) is 19.2 Å². The number of alkyl carbamates (subject to hydrolysis) is 2. The van der Waals surface area contributed by atoms with E-state index in [-0.39, 0.29) is 42.3 Å². The minimum absolute atomic E-state index is 0.0449. The van der Waals surface area contributed by atoms with Gasteiger partial charge in [-0.05, 0) is 73.1 Å². The summed E-state index contributed by atoms with van der Waals surface area (Å²) in [5.41, 5.74) is 8.58. The maximum absolute atomic E-state index is 13.2. The molecule has 58 heavy (non-hydrogen) atoms. The average Bonchev–Trinajstić information content (AvgIpc) is 4.05. The van der Waals surface area contributed by atoms with Gasteiger partial charge in [-0.25, -0.2) is 19.6 Å². The third-order valence-corrected chi connectivity index (χ3v) is 11.2. The maximum Gasteiger partial charge on any atom is 0.407 e. The molecule has 14 heteroatoms. The number of rotatable bonds is 10. The van der Waals surface area contributed by atoms with Gasteiger partial charge in [-0.15, -0.1) is 0 Å². The number of hydrogen-bond donors (Lipinski definition) is 5. The van der Waals surface area contributed by atoms with Crippen molar-refractivity contribution in [3.05, 3.63) is 71.6 Å². The van der Waals surface area contributed by atoms with Crippen LogP contribution < -0.4 is 16.0 Å². The molecule has 2 aliphatic carbocycles. The molecule has 310 valence electrons. The highest BCUT2D eigenvalue weighted by Gasteiger charge is 2.36. The van der Waals surface area contributed by atoms with E-state index in [1.165, 1.54) is 26.2 Å². The van der Waals surface area contributed by atoms with E-state index in [1.807, 2.05) is 20.0 Å². The largest absolute Gasteiger partial charge is 0.453 e. The average molecular weight is 795 g/mol. The Labute approximate surface area is 340 Å². The van der Waals surface area contributed by atoms with E-state index >= 15 is 0 Å². The molecule has 0 bridgehead atoms. The molecule has 1 saturated heterocycles. The van der Waals surface area contributed by atoms with Crippen molar-refractivity contribution in [2.45, 2.75) is 110 Å². The number of aromatic amines is 2. The summed E-state index contributed by atoms with van der Waals surface area (Å²) in [6.45, 7) is 8.54. The second-order valence-corrected chi connectivity index (χ2v) is 15.7. The summed E-state index contributed by atoms with van der Waals surface area (Å²) in [6, 6.07) is 14.1. The van der Waals surface area contributed by atoms with Crippen LogP contribution in [0, 0.1) is 5.92 Å². The number of ether oxygens (including phenoxy) is 2. The van der Waals surface area contributed by atoms with Crippen LogP contribution in [0.25, 0.3) is 33.6 Å². The number of aryl methyl sites for hydroxylation is 2. The third-order valence-electron chi connectivity index (χ3n) is 11.2. The normalized spacial score (nSPS) is 18.9. The summed E-state index contributed by atoms with van der Waals surface area (Å²) in [5, 5.41) is 8.32. The van der Waals surface area contributed by atoms with E-state index in [0.29, 0.717) is 6.54 Å². The zero-order valence-corrected chi connectivity index (χ0v) is 34.6. The second kappa shape index (κ2) is 19.2. The van der Waals surface area contributed by atoms with Crippen LogP contribution >= 0.6 is 0 Å². The monoisotopic (exact) mass is 794 g/mol. The molecule has 1 aliphatic heterocycles. The molecule has 4 aromatic rings. The number of imidazole rings is 2. The van der Waals surface area contributed by atoms with Gasteiger partial charge in [0.15, 0.2) is 0 Å². The number of carbonyl (C=O) groups is 4. The Kier molecular flexibility index (Phi) is 13.9. The van der Waals surface area contributed by atoms with Gasteiger partial charge in [-0.1, -0.05) is 83.0 Å². The molecule has 14 nitrogen and oxygen atoms in total. The molecule has 1 saturated carbocycles. The lowest BCUT2D eigenvalue weighted by atomic mass is 9.95. The first-order valence-corrected chi connectivity index (χ1v) is 20.7. The SMILES string of the molecule is CCC.COC(=O)NCC(=O)N1CCC[C@H]1c1nc2c([nH]1)CCCc1cc(-c3ccc(-c4cnc(C5CCCC5NC(=O)[C@@H](NC(=O)OC)C(C)C)[nH]4)cc3)ccc1-2. The fraction of sp³-hybridized carbons (Fsp3) is 0.500. The van der Waals surface area contributed by atoms with E-state index < -0.39 is 18.2 Å².